The van der Waals surface area contributed by atoms with Crippen molar-refractivity contribution in [2.45, 2.75) is 6.92 Å². The third-order valence-electron chi connectivity index (χ3n) is 3.51. The molecule has 2 aromatic carbocycles. The van der Waals surface area contributed by atoms with Gasteiger partial charge in [0.15, 0.2) is 11.6 Å². The summed E-state index contributed by atoms with van der Waals surface area (Å²) >= 11 is 3.38. The minimum Gasteiger partial charge on any atom is -0.462 e. The number of esters is 1. The molecule has 0 aliphatic carbocycles. The number of hydrogen-bond acceptors (Lipinski definition) is 4. The van der Waals surface area contributed by atoms with Gasteiger partial charge in [0.05, 0.1) is 17.8 Å². The van der Waals surface area contributed by atoms with Crippen LogP contribution in [0, 0.1) is 11.6 Å². The van der Waals surface area contributed by atoms with Gasteiger partial charge in [0.25, 0.3) is 0 Å². The maximum absolute atomic E-state index is 13.5. The largest absolute Gasteiger partial charge is 0.462 e. The van der Waals surface area contributed by atoms with Crippen molar-refractivity contribution in [2.75, 3.05) is 11.9 Å². The van der Waals surface area contributed by atoms with Gasteiger partial charge in [0.2, 0.25) is 0 Å². The van der Waals surface area contributed by atoms with E-state index in [0.29, 0.717) is 22.3 Å². The van der Waals surface area contributed by atoms with Crippen molar-refractivity contribution < 1.29 is 18.3 Å². The summed E-state index contributed by atoms with van der Waals surface area (Å²) in [7, 11) is 0. The van der Waals surface area contributed by atoms with E-state index in [0.717, 1.165) is 16.6 Å². The summed E-state index contributed by atoms with van der Waals surface area (Å²) in [5.74, 6) is -2.48. The topological polar surface area (TPSA) is 51.2 Å². The Labute approximate surface area is 151 Å². The van der Waals surface area contributed by atoms with Gasteiger partial charge in [-0.25, -0.2) is 13.6 Å². The molecule has 3 aromatic rings. The smallest absolute Gasteiger partial charge is 0.341 e. The number of ether oxygens (including phenoxy) is 1. The molecule has 25 heavy (non-hydrogen) atoms. The van der Waals surface area contributed by atoms with Crippen molar-refractivity contribution in [1.82, 2.24) is 4.98 Å². The molecule has 4 nitrogen and oxygen atoms in total. The van der Waals surface area contributed by atoms with Gasteiger partial charge in [-0.2, -0.15) is 0 Å². The van der Waals surface area contributed by atoms with Crippen molar-refractivity contribution in [3.8, 4) is 0 Å². The Bertz CT molecular complexity index is 963. The number of halogens is 3. The lowest BCUT2D eigenvalue weighted by atomic mass is 10.1. The minimum absolute atomic E-state index is 0.206. The van der Waals surface area contributed by atoms with Crippen molar-refractivity contribution in [2.24, 2.45) is 0 Å². The number of rotatable bonds is 4. The molecule has 1 aromatic heterocycles. The highest BCUT2D eigenvalue weighted by atomic mass is 79.9. The first-order valence-electron chi connectivity index (χ1n) is 7.47. The van der Waals surface area contributed by atoms with Crippen molar-refractivity contribution in [1.29, 1.82) is 0 Å². The Hall–Kier alpha value is -2.54. The normalized spacial score (nSPS) is 10.7. The van der Waals surface area contributed by atoms with Crippen LogP contribution < -0.4 is 5.32 Å². The van der Waals surface area contributed by atoms with Gasteiger partial charge in [-0.1, -0.05) is 15.9 Å². The number of aromatic nitrogens is 1. The van der Waals surface area contributed by atoms with Crippen molar-refractivity contribution >= 4 is 44.2 Å². The van der Waals surface area contributed by atoms with Gasteiger partial charge in [-0.15, -0.1) is 0 Å². The minimum atomic E-state index is -0.984. The van der Waals surface area contributed by atoms with Crippen LogP contribution in [0.15, 0.2) is 47.1 Å². The summed E-state index contributed by atoms with van der Waals surface area (Å²) in [5, 5.41) is 3.62. The van der Waals surface area contributed by atoms with E-state index in [1.54, 1.807) is 19.1 Å². The van der Waals surface area contributed by atoms with E-state index in [1.165, 1.54) is 12.3 Å². The number of carbonyl (C=O) groups is 1. The highest BCUT2D eigenvalue weighted by molar-refractivity contribution is 9.10. The van der Waals surface area contributed by atoms with E-state index in [1.807, 2.05) is 6.07 Å². The summed E-state index contributed by atoms with van der Waals surface area (Å²) in [4.78, 5) is 16.5. The van der Waals surface area contributed by atoms with Crippen LogP contribution >= 0.6 is 15.9 Å². The number of anilines is 2. The molecule has 1 heterocycles. The lowest BCUT2D eigenvalue weighted by molar-refractivity contribution is 0.0527. The van der Waals surface area contributed by atoms with E-state index < -0.39 is 17.6 Å². The second-order valence-corrected chi connectivity index (χ2v) is 6.10. The molecule has 1 N–H and O–H groups in total. The van der Waals surface area contributed by atoms with Crippen molar-refractivity contribution in [3.63, 3.8) is 0 Å². The molecule has 0 saturated heterocycles. The molecule has 0 radical (unpaired) electrons. The van der Waals surface area contributed by atoms with Crippen LogP contribution in [0.1, 0.15) is 17.3 Å². The predicted molar refractivity (Wildman–Crippen MR) is 95.0 cm³/mol. The molecular weight excluding hydrogens is 394 g/mol. The average molecular weight is 407 g/mol. The summed E-state index contributed by atoms with van der Waals surface area (Å²) in [6.45, 7) is 1.91. The molecule has 7 heteroatoms. The zero-order chi connectivity index (χ0) is 18.0. The molecule has 0 bridgehead atoms. The lowest BCUT2D eigenvalue weighted by Crippen LogP contribution is -2.09. The summed E-state index contributed by atoms with van der Waals surface area (Å²) in [5.41, 5.74) is 1.56. The lowest BCUT2D eigenvalue weighted by Gasteiger charge is -2.14. The van der Waals surface area contributed by atoms with Crippen LogP contribution in [0.3, 0.4) is 0 Å². The molecule has 0 aliphatic rings. The monoisotopic (exact) mass is 406 g/mol. The fourth-order valence-corrected chi connectivity index (χ4v) is 2.74. The quantitative estimate of drug-likeness (QED) is 0.605. The first kappa shape index (κ1) is 17.3. The molecule has 0 spiro atoms. The highest BCUT2D eigenvalue weighted by Gasteiger charge is 2.17. The number of pyridine rings is 1. The van der Waals surface area contributed by atoms with Crippen LogP contribution in [0.25, 0.3) is 10.9 Å². The van der Waals surface area contributed by atoms with Crippen molar-refractivity contribution in [3.05, 3.63) is 64.3 Å². The van der Waals surface area contributed by atoms with E-state index in [9.17, 15) is 13.6 Å². The number of carbonyl (C=O) groups excluding carboxylic acids is 1. The Balaban J connectivity index is 2.17. The SMILES string of the molecule is CCOC(=O)c1cnc2ccc(Br)cc2c1Nc1ccc(F)c(F)c1. The summed E-state index contributed by atoms with van der Waals surface area (Å²) < 4.78 is 32.5. The Morgan fingerprint density at radius 1 is 1.20 bits per heavy atom. The van der Waals surface area contributed by atoms with E-state index in [4.69, 9.17) is 4.74 Å². The van der Waals surface area contributed by atoms with Gasteiger partial charge in [0.1, 0.15) is 5.56 Å². The highest BCUT2D eigenvalue weighted by Crippen LogP contribution is 2.32. The van der Waals surface area contributed by atoms with Crippen LogP contribution in [0.4, 0.5) is 20.2 Å². The predicted octanol–water partition coefficient (Wildman–Crippen LogP) is 5.20. The number of benzene rings is 2. The number of hydrogen-bond donors (Lipinski definition) is 1. The maximum Gasteiger partial charge on any atom is 0.341 e. The maximum atomic E-state index is 13.5. The van der Waals surface area contributed by atoms with Crippen LogP contribution in [-0.2, 0) is 4.74 Å². The molecule has 128 valence electrons. The molecule has 3 rings (SSSR count). The first-order chi connectivity index (χ1) is 12.0. The molecule has 0 unspecified atom stereocenters. The number of nitrogens with zero attached hydrogens (tertiary/aromatic N) is 1. The fraction of sp³-hybridized carbons (Fsp3) is 0.111. The summed E-state index contributed by atoms with van der Waals surface area (Å²) in [6, 6.07) is 8.81. The summed E-state index contributed by atoms with van der Waals surface area (Å²) in [6.07, 6.45) is 1.40. The number of nitrogens with one attached hydrogen (secondary N) is 1. The van der Waals surface area contributed by atoms with Gasteiger partial charge in [0, 0.05) is 27.8 Å². The van der Waals surface area contributed by atoms with Gasteiger partial charge < -0.3 is 10.1 Å². The van der Waals surface area contributed by atoms with Gasteiger partial charge in [-0.05, 0) is 37.3 Å². The van der Waals surface area contributed by atoms with E-state index >= 15 is 0 Å². The Kier molecular flexibility index (Phi) is 4.94. The second kappa shape index (κ2) is 7.14. The van der Waals surface area contributed by atoms with Crippen LogP contribution in [-0.4, -0.2) is 17.6 Å². The first-order valence-corrected chi connectivity index (χ1v) is 8.26. The standard InChI is InChI=1S/C18H13BrF2N2O2/c1-2-25-18(24)13-9-22-16-6-3-10(19)7-12(16)17(13)23-11-4-5-14(20)15(21)8-11/h3-9H,2H2,1H3,(H,22,23). The molecule has 0 aliphatic heterocycles. The molecule has 0 amide bonds. The fourth-order valence-electron chi connectivity index (χ4n) is 2.38. The van der Waals surface area contributed by atoms with E-state index in [2.05, 4.69) is 26.2 Å². The zero-order valence-corrected chi connectivity index (χ0v) is 14.7. The van der Waals surface area contributed by atoms with Gasteiger partial charge in [-0.3, -0.25) is 4.98 Å². The molecule has 0 saturated carbocycles. The molecule has 0 atom stereocenters. The Morgan fingerprint density at radius 2 is 2.00 bits per heavy atom. The zero-order valence-electron chi connectivity index (χ0n) is 13.1. The van der Waals surface area contributed by atoms with Crippen LogP contribution in [0.5, 0.6) is 0 Å². The third kappa shape index (κ3) is 3.61. The second-order valence-electron chi connectivity index (χ2n) is 5.18. The average Bonchev–Trinajstić information content (AvgIpc) is 2.58. The third-order valence-corrected chi connectivity index (χ3v) is 4.01. The Morgan fingerprint density at radius 3 is 2.72 bits per heavy atom. The molecule has 0 fully saturated rings. The van der Waals surface area contributed by atoms with Gasteiger partial charge >= 0.3 is 5.97 Å². The number of fused-ring (bicyclic) bond motifs is 1. The molecular formula is C18H13BrF2N2O2. The van der Waals surface area contributed by atoms with Crippen LogP contribution in [0.2, 0.25) is 0 Å². The van der Waals surface area contributed by atoms with E-state index in [-0.39, 0.29) is 12.2 Å².